The van der Waals surface area contributed by atoms with Gasteiger partial charge in [0.05, 0.1) is 30.3 Å². The Morgan fingerprint density at radius 3 is 2.91 bits per heavy atom. The molecular formula is C22H22FN7O3. The van der Waals surface area contributed by atoms with Crippen LogP contribution < -0.4 is 10.2 Å². The van der Waals surface area contributed by atoms with Gasteiger partial charge in [0.2, 0.25) is 5.76 Å². The van der Waals surface area contributed by atoms with E-state index in [4.69, 9.17) is 9.26 Å². The number of amides is 1. The van der Waals surface area contributed by atoms with E-state index in [0.717, 1.165) is 0 Å². The smallest absolute Gasteiger partial charge is 0.270 e. The van der Waals surface area contributed by atoms with Gasteiger partial charge in [0, 0.05) is 25.2 Å². The van der Waals surface area contributed by atoms with E-state index in [2.05, 4.69) is 35.3 Å². The maximum Gasteiger partial charge on any atom is 0.270 e. The first-order valence-electron chi connectivity index (χ1n) is 10.6. The molecule has 4 heterocycles. The van der Waals surface area contributed by atoms with Gasteiger partial charge >= 0.3 is 0 Å². The van der Waals surface area contributed by atoms with E-state index >= 15 is 0 Å². The molecular weight excluding hydrogens is 429 g/mol. The molecule has 170 valence electrons. The minimum absolute atomic E-state index is 0.267. The molecule has 33 heavy (non-hydrogen) atoms. The van der Waals surface area contributed by atoms with Gasteiger partial charge in [-0.05, 0) is 24.6 Å². The molecule has 0 bridgehead atoms. The van der Waals surface area contributed by atoms with Gasteiger partial charge < -0.3 is 24.5 Å². The monoisotopic (exact) mass is 451 g/mol. The largest absolute Gasteiger partial charge is 0.378 e. The first kappa shape index (κ1) is 21.0. The number of carbonyl (C=O) groups excluding carboxylic acids is 1. The molecule has 0 aliphatic carbocycles. The molecule has 1 saturated heterocycles. The highest BCUT2D eigenvalue weighted by Gasteiger charge is 2.20. The van der Waals surface area contributed by atoms with Crippen molar-refractivity contribution < 1.29 is 18.4 Å². The van der Waals surface area contributed by atoms with Gasteiger partial charge in [0.25, 0.3) is 5.91 Å². The maximum absolute atomic E-state index is 12.9. The summed E-state index contributed by atoms with van der Waals surface area (Å²) in [6, 6.07) is 8.09. The van der Waals surface area contributed by atoms with Gasteiger partial charge in [-0.1, -0.05) is 11.2 Å². The third-order valence-electron chi connectivity index (χ3n) is 5.47. The van der Waals surface area contributed by atoms with Crippen molar-refractivity contribution in [1.29, 1.82) is 0 Å². The number of benzene rings is 1. The molecule has 11 heteroatoms. The van der Waals surface area contributed by atoms with Crippen molar-refractivity contribution in [3.8, 4) is 11.6 Å². The number of fused-ring (bicyclic) bond motifs is 1. The molecule has 4 aromatic rings. The lowest BCUT2D eigenvalue weighted by Crippen LogP contribution is -2.37. The fraction of sp³-hybridized carbons (Fsp3) is 0.318. The van der Waals surface area contributed by atoms with Crippen molar-refractivity contribution in [3.63, 3.8) is 0 Å². The Labute approximate surface area is 188 Å². The van der Waals surface area contributed by atoms with Gasteiger partial charge in [-0.15, -0.1) is 0 Å². The molecule has 5 rings (SSSR count). The Bertz CT molecular complexity index is 1280. The van der Waals surface area contributed by atoms with E-state index in [1.807, 2.05) is 0 Å². The summed E-state index contributed by atoms with van der Waals surface area (Å²) in [5.74, 6) is 1.24. The maximum atomic E-state index is 12.9. The highest BCUT2D eigenvalue weighted by atomic mass is 19.1. The predicted molar refractivity (Wildman–Crippen MR) is 117 cm³/mol. The van der Waals surface area contributed by atoms with Crippen molar-refractivity contribution in [2.75, 3.05) is 31.2 Å². The van der Waals surface area contributed by atoms with E-state index in [1.165, 1.54) is 6.33 Å². The zero-order valence-corrected chi connectivity index (χ0v) is 17.9. The summed E-state index contributed by atoms with van der Waals surface area (Å²) in [5.41, 5.74) is 2.77. The predicted octanol–water partition coefficient (Wildman–Crippen LogP) is 2.81. The summed E-state index contributed by atoms with van der Waals surface area (Å²) < 4.78 is 23.7. The normalized spacial score (nSPS) is 15.0. The molecule has 3 aromatic heterocycles. The Morgan fingerprint density at radius 2 is 2.09 bits per heavy atom. The number of carbonyl (C=O) groups is 1. The van der Waals surface area contributed by atoms with Crippen LogP contribution in [0, 0.1) is 0 Å². The van der Waals surface area contributed by atoms with Crippen molar-refractivity contribution in [2.45, 2.75) is 19.6 Å². The number of alkyl halides is 1. The fourth-order valence-corrected chi connectivity index (χ4v) is 3.64. The van der Waals surface area contributed by atoms with Crippen LogP contribution in [0.25, 0.3) is 22.6 Å². The molecule has 10 nitrogen and oxygen atoms in total. The lowest BCUT2D eigenvalue weighted by Gasteiger charge is -2.27. The van der Waals surface area contributed by atoms with E-state index in [-0.39, 0.29) is 11.6 Å². The lowest BCUT2D eigenvalue weighted by atomic mass is 10.2. The molecule has 0 radical (unpaired) electrons. The van der Waals surface area contributed by atoms with E-state index in [1.54, 1.807) is 37.3 Å². The number of nitrogens with zero attached hydrogens (tertiary/aromatic N) is 5. The molecule has 0 saturated carbocycles. The first-order chi connectivity index (χ1) is 16.1. The third kappa shape index (κ3) is 4.40. The van der Waals surface area contributed by atoms with Gasteiger partial charge in [0.1, 0.15) is 30.2 Å². The summed E-state index contributed by atoms with van der Waals surface area (Å²) >= 11 is 0. The standard InChI is InChI=1S/C22H22FN7O3/c1-13(26-22(31)18-10-20(25-12-24-18)30-4-6-32-7-5-30)16-9-19(33-29-16)21-27-15-3-2-14(11-23)8-17(15)28-21/h2-3,8-10,12-13H,4-7,11H2,1H3,(H,26,31)(H,27,28)/t13-/m0/s1. The van der Waals surface area contributed by atoms with Crippen molar-refractivity contribution in [2.24, 2.45) is 0 Å². The van der Waals surface area contributed by atoms with E-state index in [0.29, 0.717) is 66.0 Å². The number of imidazole rings is 1. The minimum atomic E-state index is -0.547. The second kappa shape index (κ2) is 8.94. The number of aromatic amines is 1. The number of H-pyrrole nitrogens is 1. The highest BCUT2D eigenvalue weighted by molar-refractivity contribution is 5.93. The van der Waals surface area contributed by atoms with Crippen molar-refractivity contribution in [3.05, 3.63) is 53.6 Å². The molecule has 1 aliphatic rings. The van der Waals surface area contributed by atoms with Crippen molar-refractivity contribution >= 4 is 22.8 Å². The summed E-state index contributed by atoms with van der Waals surface area (Å²) in [4.78, 5) is 30.8. The number of aromatic nitrogens is 5. The van der Waals surface area contributed by atoms with E-state index in [9.17, 15) is 9.18 Å². The highest BCUT2D eigenvalue weighted by Crippen LogP contribution is 2.24. The Hall–Kier alpha value is -3.86. The van der Waals surface area contributed by atoms with Crippen LogP contribution in [0.15, 0.2) is 41.2 Å². The summed E-state index contributed by atoms with van der Waals surface area (Å²) in [7, 11) is 0. The average molecular weight is 451 g/mol. The SMILES string of the molecule is C[C@H](NC(=O)c1cc(N2CCOCC2)ncn1)c1cc(-c2nc3ccc(CF)cc3[nH]2)on1. The summed E-state index contributed by atoms with van der Waals surface area (Å²) in [5, 5.41) is 6.95. The van der Waals surface area contributed by atoms with Crippen molar-refractivity contribution in [1.82, 2.24) is 30.4 Å². The van der Waals surface area contributed by atoms with Crippen LogP contribution in [0.1, 0.15) is 34.7 Å². The van der Waals surface area contributed by atoms with Crippen LogP contribution in [0.5, 0.6) is 0 Å². The van der Waals surface area contributed by atoms with Gasteiger partial charge in [-0.2, -0.15) is 0 Å². The Morgan fingerprint density at radius 1 is 1.24 bits per heavy atom. The number of rotatable bonds is 6. The molecule has 0 unspecified atom stereocenters. The molecule has 1 fully saturated rings. The number of hydrogen-bond donors (Lipinski definition) is 2. The zero-order valence-electron chi connectivity index (χ0n) is 17.9. The fourth-order valence-electron chi connectivity index (χ4n) is 3.64. The van der Waals surface area contributed by atoms with Gasteiger partial charge in [-0.3, -0.25) is 4.79 Å². The summed E-state index contributed by atoms with van der Waals surface area (Å²) in [6.07, 6.45) is 1.38. The number of morpholine rings is 1. The van der Waals surface area contributed by atoms with Crippen LogP contribution >= 0.6 is 0 Å². The van der Waals surface area contributed by atoms with Crippen LogP contribution in [0.3, 0.4) is 0 Å². The minimum Gasteiger partial charge on any atom is -0.378 e. The second-order valence-electron chi connectivity index (χ2n) is 7.74. The number of ether oxygens (including phenoxy) is 1. The Balaban J connectivity index is 1.29. The third-order valence-corrected chi connectivity index (χ3v) is 5.47. The number of hydrogen-bond acceptors (Lipinski definition) is 8. The molecule has 2 N–H and O–H groups in total. The van der Waals surface area contributed by atoms with Gasteiger partial charge in [-0.25, -0.2) is 19.3 Å². The molecule has 1 aliphatic heterocycles. The number of nitrogens with one attached hydrogen (secondary N) is 2. The van der Waals surface area contributed by atoms with Crippen LogP contribution in [0.4, 0.5) is 10.2 Å². The van der Waals surface area contributed by atoms with Gasteiger partial charge in [0.15, 0.2) is 5.82 Å². The molecule has 1 aromatic carbocycles. The number of anilines is 1. The molecule has 1 atom stereocenters. The second-order valence-corrected chi connectivity index (χ2v) is 7.74. The molecule has 1 amide bonds. The van der Waals surface area contributed by atoms with Crippen LogP contribution in [-0.4, -0.2) is 57.3 Å². The quantitative estimate of drug-likeness (QED) is 0.459. The first-order valence-corrected chi connectivity index (χ1v) is 10.6. The van der Waals surface area contributed by atoms with Crippen LogP contribution in [0.2, 0.25) is 0 Å². The molecule has 0 spiro atoms. The lowest BCUT2D eigenvalue weighted by molar-refractivity contribution is 0.0933. The summed E-state index contributed by atoms with van der Waals surface area (Å²) in [6.45, 7) is 3.93. The zero-order chi connectivity index (χ0) is 22.8. The Kier molecular flexibility index (Phi) is 5.69. The average Bonchev–Trinajstić information content (AvgIpc) is 3.51. The topological polar surface area (TPSA) is 122 Å². The van der Waals surface area contributed by atoms with E-state index < -0.39 is 12.7 Å². The van der Waals surface area contributed by atoms with Crippen LogP contribution in [-0.2, 0) is 11.4 Å². The number of halogens is 1.